The zero-order chi connectivity index (χ0) is 13.5. The normalized spacial score (nSPS) is 9.83. The molecular formula is C13H15BrN2O2. The molecule has 1 amide bonds. The second-order valence-corrected chi connectivity index (χ2v) is 4.61. The monoisotopic (exact) mass is 310 g/mol. The zero-order valence-corrected chi connectivity index (χ0v) is 11.6. The van der Waals surface area contributed by atoms with Gasteiger partial charge in [0, 0.05) is 29.8 Å². The van der Waals surface area contributed by atoms with E-state index in [1.54, 1.807) is 29.3 Å². The predicted molar refractivity (Wildman–Crippen MR) is 75.4 cm³/mol. The number of carbonyl (C=O) groups excluding carboxylic acids is 1. The summed E-state index contributed by atoms with van der Waals surface area (Å²) in [4.78, 5) is 25.2. The fraction of sp³-hybridized carbons (Fsp3) is 0.231. The van der Waals surface area contributed by atoms with E-state index < -0.39 is 0 Å². The Hall–Kier alpha value is -1.62. The van der Waals surface area contributed by atoms with Crippen LogP contribution in [0.3, 0.4) is 0 Å². The number of carbonyl (C=O) groups is 1. The van der Waals surface area contributed by atoms with E-state index in [0.29, 0.717) is 13.1 Å². The molecule has 0 N–H and O–H groups in total. The molecule has 18 heavy (non-hydrogen) atoms. The van der Waals surface area contributed by atoms with Gasteiger partial charge in [0.15, 0.2) is 0 Å². The maximum Gasteiger partial charge on any atom is 0.251 e. The third-order valence-electron chi connectivity index (χ3n) is 2.30. The first kappa shape index (κ1) is 14.4. The van der Waals surface area contributed by atoms with Gasteiger partial charge >= 0.3 is 0 Å². The molecule has 0 aliphatic heterocycles. The number of pyridine rings is 1. The van der Waals surface area contributed by atoms with Gasteiger partial charge in [-0.05, 0) is 22.0 Å². The Morgan fingerprint density at radius 1 is 1.33 bits per heavy atom. The average Bonchev–Trinajstić information content (AvgIpc) is 2.33. The Kier molecular flexibility index (Phi) is 5.58. The fourth-order valence-corrected chi connectivity index (χ4v) is 1.84. The minimum absolute atomic E-state index is 0.0138. The number of aromatic nitrogens is 1. The smallest absolute Gasteiger partial charge is 0.251 e. The lowest BCUT2D eigenvalue weighted by Gasteiger charge is -2.19. The standard InChI is InChI=1S/C13H15BrN2O2/c1-3-7-15(8-4-2)13(18)10-16-9-11(14)5-6-12(16)17/h3-6,9H,1-2,7-8,10H2. The summed E-state index contributed by atoms with van der Waals surface area (Å²) in [5.74, 6) is -0.144. The quantitative estimate of drug-likeness (QED) is 0.752. The summed E-state index contributed by atoms with van der Waals surface area (Å²) in [6.45, 7) is 8.09. The molecule has 0 saturated heterocycles. The lowest BCUT2D eigenvalue weighted by molar-refractivity contribution is -0.130. The number of halogens is 1. The van der Waals surface area contributed by atoms with Crippen LogP contribution in [0.1, 0.15) is 0 Å². The number of rotatable bonds is 6. The molecule has 0 aliphatic rings. The molecule has 96 valence electrons. The fourth-order valence-electron chi connectivity index (χ4n) is 1.46. The topological polar surface area (TPSA) is 42.3 Å². The van der Waals surface area contributed by atoms with Crippen molar-refractivity contribution in [3.05, 3.63) is 58.5 Å². The van der Waals surface area contributed by atoms with E-state index in [9.17, 15) is 9.59 Å². The third-order valence-corrected chi connectivity index (χ3v) is 2.77. The van der Waals surface area contributed by atoms with Crippen LogP contribution in [-0.2, 0) is 11.3 Å². The highest BCUT2D eigenvalue weighted by Gasteiger charge is 2.11. The minimum Gasteiger partial charge on any atom is -0.334 e. The number of hydrogen-bond acceptors (Lipinski definition) is 2. The predicted octanol–water partition coefficient (Wildman–Crippen LogP) is 1.81. The average molecular weight is 311 g/mol. The second kappa shape index (κ2) is 6.96. The van der Waals surface area contributed by atoms with Crippen molar-refractivity contribution in [3.63, 3.8) is 0 Å². The van der Waals surface area contributed by atoms with Crippen molar-refractivity contribution in [2.75, 3.05) is 13.1 Å². The molecule has 0 aliphatic carbocycles. The Labute approximate surface area is 114 Å². The maximum atomic E-state index is 12.0. The third kappa shape index (κ3) is 4.00. The molecule has 0 bridgehead atoms. The lowest BCUT2D eigenvalue weighted by Crippen LogP contribution is -2.36. The van der Waals surface area contributed by atoms with Gasteiger partial charge in [-0.25, -0.2) is 0 Å². The molecule has 0 spiro atoms. The SMILES string of the molecule is C=CCN(CC=C)C(=O)Cn1cc(Br)ccc1=O. The van der Waals surface area contributed by atoms with Crippen molar-refractivity contribution < 1.29 is 4.79 Å². The molecule has 0 radical (unpaired) electrons. The summed E-state index contributed by atoms with van der Waals surface area (Å²) in [5, 5.41) is 0. The molecule has 1 aromatic rings. The summed E-state index contributed by atoms with van der Waals surface area (Å²) >= 11 is 3.27. The first-order valence-corrected chi connectivity index (χ1v) is 6.23. The number of amides is 1. The van der Waals surface area contributed by atoms with Gasteiger partial charge in [-0.15, -0.1) is 13.2 Å². The van der Waals surface area contributed by atoms with Crippen LogP contribution in [0.25, 0.3) is 0 Å². The Morgan fingerprint density at radius 3 is 2.50 bits per heavy atom. The number of nitrogens with zero attached hydrogens (tertiary/aromatic N) is 2. The molecule has 0 unspecified atom stereocenters. The van der Waals surface area contributed by atoms with Crippen molar-refractivity contribution in [1.29, 1.82) is 0 Å². The molecule has 0 aromatic carbocycles. The summed E-state index contributed by atoms with van der Waals surface area (Å²) in [6.07, 6.45) is 4.89. The van der Waals surface area contributed by atoms with Crippen LogP contribution in [0, 0.1) is 0 Å². The van der Waals surface area contributed by atoms with Crippen LogP contribution in [0.5, 0.6) is 0 Å². The van der Waals surface area contributed by atoms with Crippen LogP contribution in [0.15, 0.2) is 52.9 Å². The van der Waals surface area contributed by atoms with E-state index >= 15 is 0 Å². The van der Waals surface area contributed by atoms with Gasteiger partial charge < -0.3 is 9.47 Å². The Balaban J connectivity index is 2.84. The van der Waals surface area contributed by atoms with E-state index in [2.05, 4.69) is 29.1 Å². The summed E-state index contributed by atoms with van der Waals surface area (Å²) in [7, 11) is 0. The Morgan fingerprint density at radius 2 is 1.94 bits per heavy atom. The van der Waals surface area contributed by atoms with Gasteiger partial charge in [0.1, 0.15) is 6.54 Å². The molecule has 4 nitrogen and oxygen atoms in total. The highest BCUT2D eigenvalue weighted by Crippen LogP contribution is 2.05. The number of hydrogen-bond donors (Lipinski definition) is 0. The highest BCUT2D eigenvalue weighted by atomic mass is 79.9. The molecule has 5 heteroatoms. The molecule has 1 heterocycles. The lowest BCUT2D eigenvalue weighted by atomic mass is 10.4. The van der Waals surface area contributed by atoms with Crippen molar-refractivity contribution in [1.82, 2.24) is 9.47 Å². The largest absolute Gasteiger partial charge is 0.334 e. The molecule has 1 aromatic heterocycles. The van der Waals surface area contributed by atoms with Gasteiger partial charge in [0.2, 0.25) is 5.91 Å². The van der Waals surface area contributed by atoms with Gasteiger partial charge in [0.05, 0.1) is 0 Å². The molecular weight excluding hydrogens is 296 g/mol. The van der Waals surface area contributed by atoms with E-state index in [1.807, 2.05) is 0 Å². The van der Waals surface area contributed by atoms with Crippen molar-refractivity contribution in [2.45, 2.75) is 6.54 Å². The summed E-state index contributed by atoms with van der Waals surface area (Å²) in [5.41, 5.74) is -0.205. The van der Waals surface area contributed by atoms with Crippen LogP contribution in [-0.4, -0.2) is 28.5 Å². The first-order chi connectivity index (χ1) is 8.58. The van der Waals surface area contributed by atoms with Crippen molar-refractivity contribution >= 4 is 21.8 Å². The van der Waals surface area contributed by atoms with E-state index in [4.69, 9.17) is 0 Å². The molecule has 1 rings (SSSR count). The molecule has 0 atom stereocenters. The van der Waals surface area contributed by atoms with Crippen LogP contribution in [0.4, 0.5) is 0 Å². The zero-order valence-electron chi connectivity index (χ0n) is 10.0. The van der Waals surface area contributed by atoms with Gasteiger partial charge in [0.25, 0.3) is 5.56 Å². The summed E-state index contributed by atoms with van der Waals surface area (Å²) < 4.78 is 2.12. The van der Waals surface area contributed by atoms with Crippen molar-refractivity contribution in [2.24, 2.45) is 0 Å². The Bertz CT molecular complexity index is 498. The van der Waals surface area contributed by atoms with Gasteiger partial charge in [-0.2, -0.15) is 0 Å². The van der Waals surface area contributed by atoms with Crippen LogP contribution in [0.2, 0.25) is 0 Å². The molecule has 0 saturated carbocycles. The second-order valence-electron chi connectivity index (χ2n) is 3.69. The summed E-state index contributed by atoms with van der Waals surface area (Å²) in [6, 6.07) is 3.07. The van der Waals surface area contributed by atoms with E-state index in [0.717, 1.165) is 4.47 Å². The highest BCUT2D eigenvalue weighted by molar-refractivity contribution is 9.10. The van der Waals surface area contributed by atoms with Crippen LogP contribution >= 0.6 is 15.9 Å². The van der Waals surface area contributed by atoms with Crippen molar-refractivity contribution in [3.8, 4) is 0 Å². The van der Waals surface area contributed by atoms with Gasteiger partial charge in [-0.3, -0.25) is 9.59 Å². The molecule has 0 fully saturated rings. The maximum absolute atomic E-state index is 12.0. The van der Waals surface area contributed by atoms with Crippen LogP contribution < -0.4 is 5.56 Å². The minimum atomic E-state index is -0.205. The van der Waals surface area contributed by atoms with E-state index in [1.165, 1.54) is 10.6 Å². The first-order valence-electron chi connectivity index (χ1n) is 5.44. The van der Waals surface area contributed by atoms with Gasteiger partial charge in [-0.1, -0.05) is 12.2 Å². The van der Waals surface area contributed by atoms with E-state index in [-0.39, 0.29) is 18.0 Å².